The van der Waals surface area contributed by atoms with E-state index in [1.807, 2.05) is 0 Å². The number of imidazole rings is 1. The molecule has 1 aliphatic rings. The molecule has 0 unspecified atom stereocenters. The van der Waals surface area contributed by atoms with Gasteiger partial charge in [0.15, 0.2) is 5.03 Å². The van der Waals surface area contributed by atoms with Crippen molar-refractivity contribution in [3.05, 3.63) is 12.0 Å². The van der Waals surface area contributed by atoms with E-state index in [9.17, 15) is 23.1 Å². The van der Waals surface area contributed by atoms with Crippen LogP contribution in [0.1, 0.15) is 32.0 Å². The molecule has 2 rings (SSSR count). The van der Waals surface area contributed by atoms with E-state index >= 15 is 0 Å². The van der Waals surface area contributed by atoms with Gasteiger partial charge in [0.25, 0.3) is 10.0 Å². The lowest BCUT2D eigenvalue weighted by Crippen LogP contribution is -2.49. The molecule has 0 bridgehead atoms. The van der Waals surface area contributed by atoms with E-state index in [-0.39, 0.29) is 23.9 Å². The van der Waals surface area contributed by atoms with Gasteiger partial charge in [-0.15, -0.1) is 0 Å². The minimum atomic E-state index is -3.77. The van der Waals surface area contributed by atoms with E-state index in [1.165, 1.54) is 11.1 Å². The van der Waals surface area contributed by atoms with Gasteiger partial charge in [-0.3, -0.25) is 9.59 Å². The number of nitrogens with one attached hydrogen (secondary N) is 1. The van der Waals surface area contributed by atoms with Gasteiger partial charge < -0.3 is 14.6 Å². The highest BCUT2D eigenvalue weighted by Gasteiger charge is 2.35. The van der Waals surface area contributed by atoms with Crippen molar-refractivity contribution in [2.75, 3.05) is 13.1 Å². The zero-order chi connectivity index (χ0) is 18.8. The van der Waals surface area contributed by atoms with Crippen molar-refractivity contribution in [3.63, 3.8) is 0 Å². The van der Waals surface area contributed by atoms with Gasteiger partial charge >= 0.3 is 5.97 Å². The van der Waals surface area contributed by atoms with Crippen molar-refractivity contribution < 1.29 is 23.1 Å². The molecule has 2 heterocycles. The van der Waals surface area contributed by atoms with Crippen molar-refractivity contribution in [3.8, 4) is 0 Å². The van der Waals surface area contributed by atoms with Gasteiger partial charge in [0.2, 0.25) is 5.91 Å². The Balaban J connectivity index is 1.92. The van der Waals surface area contributed by atoms with Crippen molar-refractivity contribution in [1.29, 1.82) is 0 Å². The van der Waals surface area contributed by atoms with Gasteiger partial charge in [-0.2, -0.15) is 0 Å². The monoisotopic (exact) mass is 372 g/mol. The maximum Gasteiger partial charge on any atom is 0.308 e. The second-order valence-electron chi connectivity index (χ2n) is 6.30. The Morgan fingerprint density at radius 3 is 2.68 bits per heavy atom. The predicted molar refractivity (Wildman–Crippen MR) is 89.3 cm³/mol. The molecule has 1 amide bonds. The fraction of sp³-hybridized carbons (Fsp3) is 0.667. The number of carbonyl (C=O) groups is 2. The number of carboxylic acids is 1. The van der Waals surface area contributed by atoms with Crippen LogP contribution in [0.5, 0.6) is 0 Å². The number of carboxylic acid groups (broad SMARTS) is 1. The number of aryl methyl sites for hydroxylation is 2. The molecule has 1 saturated heterocycles. The first kappa shape index (κ1) is 19.4. The molecule has 1 aromatic rings. The summed E-state index contributed by atoms with van der Waals surface area (Å²) in [5.41, 5.74) is 0. The number of carbonyl (C=O) groups excluding carboxylic acids is 1. The lowest BCUT2D eigenvalue weighted by atomic mass is 9.90. The van der Waals surface area contributed by atoms with Gasteiger partial charge in [-0.25, -0.2) is 18.1 Å². The molecule has 25 heavy (non-hydrogen) atoms. The largest absolute Gasteiger partial charge is 0.481 e. The highest BCUT2D eigenvalue weighted by Crippen LogP contribution is 2.24. The SMILES string of the molecule is Cc1nc(S(=O)(=O)NCCC(=O)N2CCC[C@@H](C(=O)O)[C@H]2C)cn1C. The van der Waals surface area contributed by atoms with Gasteiger partial charge in [0, 0.05) is 38.8 Å². The summed E-state index contributed by atoms with van der Waals surface area (Å²) in [4.78, 5) is 29.1. The molecule has 1 aromatic heterocycles. The maximum atomic E-state index is 12.3. The Hall–Kier alpha value is -1.94. The van der Waals surface area contributed by atoms with Gasteiger partial charge in [0.05, 0.1) is 5.92 Å². The van der Waals surface area contributed by atoms with E-state index in [2.05, 4.69) is 9.71 Å². The summed E-state index contributed by atoms with van der Waals surface area (Å²) < 4.78 is 28.3. The second kappa shape index (κ2) is 7.52. The van der Waals surface area contributed by atoms with E-state index in [0.717, 1.165) is 0 Å². The molecular weight excluding hydrogens is 348 g/mol. The Labute approximate surface area is 147 Å². The van der Waals surface area contributed by atoms with Crippen molar-refractivity contribution in [2.24, 2.45) is 13.0 Å². The number of hydrogen-bond donors (Lipinski definition) is 2. The minimum Gasteiger partial charge on any atom is -0.481 e. The number of nitrogens with zero attached hydrogens (tertiary/aromatic N) is 3. The summed E-state index contributed by atoms with van der Waals surface area (Å²) in [7, 11) is -2.08. The first-order valence-corrected chi connectivity index (χ1v) is 9.63. The first-order chi connectivity index (χ1) is 11.6. The fourth-order valence-electron chi connectivity index (χ4n) is 2.99. The summed E-state index contributed by atoms with van der Waals surface area (Å²) >= 11 is 0. The standard InChI is InChI=1S/C15H24N4O5S/c1-10-12(15(21)22)5-4-8-19(10)14(20)6-7-16-25(23,24)13-9-18(3)11(2)17-13/h9-10,12,16H,4-8H2,1-3H3,(H,21,22)/t10-,12-/m1/s1. The fourth-order valence-corrected chi connectivity index (χ4v) is 4.06. The third-order valence-corrected chi connectivity index (χ3v) is 5.95. The van der Waals surface area contributed by atoms with Gasteiger partial charge in [-0.1, -0.05) is 0 Å². The molecule has 0 aliphatic carbocycles. The van der Waals surface area contributed by atoms with Crippen LogP contribution >= 0.6 is 0 Å². The molecule has 2 N–H and O–H groups in total. The maximum absolute atomic E-state index is 12.3. The Morgan fingerprint density at radius 2 is 2.12 bits per heavy atom. The van der Waals surface area contributed by atoms with Crippen LogP contribution in [0, 0.1) is 12.8 Å². The number of rotatable bonds is 6. The van der Waals surface area contributed by atoms with Gasteiger partial charge in [-0.05, 0) is 26.7 Å². The molecule has 140 valence electrons. The lowest BCUT2D eigenvalue weighted by Gasteiger charge is -2.37. The third-order valence-electron chi connectivity index (χ3n) is 4.62. The molecule has 1 aliphatic heterocycles. The van der Waals surface area contributed by atoms with Crippen LogP contribution in [0.15, 0.2) is 11.2 Å². The molecule has 0 saturated carbocycles. The topological polar surface area (TPSA) is 122 Å². The smallest absolute Gasteiger partial charge is 0.308 e. The van der Waals surface area contributed by atoms with E-state index in [0.29, 0.717) is 25.2 Å². The van der Waals surface area contributed by atoms with E-state index < -0.39 is 28.0 Å². The second-order valence-corrected chi connectivity index (χ2v) is 8.01. The number of sulfonamides is 1. The average molecular weight is 372 g/mol. The van der Waals surface area contributed by atoms with E-state index in [1.54, 1.807) is 25.5 Å². The normalized spacial score (nSPS) is 21.3. The van der Waals surface area contributed by atoms with Crippen LogP contribution in [0.25, 0.3) is 0 Å². The number of piperidine rings is 1. The van der Waals surface area contributed by atoms with Crippen molar-refractivity contribution >= 4 is 21.9 Å². The van der Waals surface area contributed by atoms with Gasteiger partial charge in [0.1, 0.15) is 5.82 Å². The zero-order valence-electron chi connectivity index (χ0n) is 14.6. The minimum absolute atomic E-state index is 0.0261. The number of hydrogen-bond acceptors (Lipinski definition) is 5. The molecule has 1 fully saturated rings. The van der Waals surface area contributed by atoms with Crippen LogP contribution < -0.4 is 4.72 Å². The molecule has 10 heteroatoms. The van der Waals surface area contributed by atoms with Crippen LogP contribution in [-0.4, -0.2) is 59.0 Å². The number of likely N-dealkylation sites (tertiary alicyclic amines) is 1. The summed E-state index contributed by atoms with van der Waals surface area (Å²) in [5, 5.41) is 9.12. The van der Waals surface area contributed by atoms with Crippen molar-refractivity contribution in [2.45, 2.75) is 44.2 Å². The summed E-state index contributed by atoms with van der Waals surface area (Å²) in [5.74, 6) is -1.17. The molecule has 9 nitrogen and oxygen atoms in total. The molecule has 0 spiro atoms. The quantitative estimate of drug-likeness (QED) is 0.731. The number of aliphatic carboxylic acids is 1. The third kappa shape index (κ3) is 4.37. The molecule has 0 aromatic carbocycles. The van der Waals surface area contributed by atoms with Crippen LogP contribution in [0.2, 0.25) is 0 Å². The number of amides is 1. The Morgan fingerprint density at radius 1 is 1.44 bits per heavy atom. The summed E-state index contributed by atoms with van der Waals surface area (Å²) in [6.45, 7) is 3.85. The first-order valence-electron chi connectivity index (χ1n) is 8.15. The van der Waals surface area contributed by atoms with Crippen molar-refractivity contribution in [1.82, 2.24) is 19.2 Å². The van der Waals surface area contributed by atoms with E-state index in [4.69, 9.17) is 0 Å². The zero-order valence-corrected chi connectivity index (χ0v) is 15.4. The molecule has 2 atom stereocenters. The summed E-state index contributed by atoms with van der Waals surface area (Å²) in [6, 6.07) is -0.395. The number of aromatic nitrogens is 2. The lowest BCUT2D eigenvalue weighted by molar-refractivity contribution is -0.149. The molecule has 0 radical (unpaired) electrons. The van der Waals surface area contributed by atoms with Crippen LogP contribution in [0.4, 0.5) is 0 Å². The highest BCUT2D eigenvalue weighted by molar-refractivity contribution is 7.89. The van der Waals surface area contributed by atoms with Crippen LogP contribution in [0.3, 0.4) is 0 Å². The molecular formula is C15H24N4O5S. The predicted octanol–water partition coefficient (Wildman–Crippen LogP) is 0.109. The Bertz CT molecular complexity index is 738. The summed E-state index contributed by atoms with van der Waals surface area (Å²) in [6.07, 6.45) is 2.56. The van der Waals surface area contributed by atoms with Crippen LogP contribution in [-0.2, 0) is 26.7 Å². The highest BCUT2D eigenvalue weighted by atomic mass is 32.2. The Kier molecular flexibility index (Phi) is 5.83. The average Bonchev–Trinajstić information content (AvgIpc) is 2.87.